The van der Waals surface area contributed by atoms with Gasteiger partial charge in [0.25, 0.3) is 0 Å². The van der Waals surface area contributed by atoms with Gasteiger partial charge in [-0.3, -0.25) is 0 Å². The predicted molar refractivity (Wildman–Crippen MR) is 120 cm³/mol. The molecule has 1 atom stereocenters. The summed E-state index contributed by atoms with van der Waals surface area (Å²) in [5, 5.41) is 12.6. The first-order chi connectivity index (χ1) is 15.8. The van der Waals surface area contributed by atoms with Gasteiger partial charge in [0.05, 0.1) is 25.6 Å². The van der Waals surface area contributed by atoms with Crippen molar-refractivity contribution in [1.29, 1.82) is 0 Å². The lowest BCUT2D eigenvalue weighted by Gasteiger charge is -2.17. The molecule has 2 aromatic heterocycles. The maximum Gasteiger partial charge on any atom is 0.354 e. The van der Waals surface area contributed by atoms with Crippen molar-refractivity contribution in [2.75, 3.05) is 19.0 Å². The van der Waals surface area contributed by atoms with E-state index >= 15 is 0 Å². The topological polar surface area (TPSA) is 134 Å². The van der Waals surface area contributed by atoms with Gasteiger partial charge in [-0.25, -0.2) is 28.2 Å². The Morgan fingerprint density at radius 2 is 2.24 bits per heavy atom. The van der Waals surface area contributed by atoms with Gasteiger partial charge in [-0.1, -0.05) is 6.92 Å². The Balaban J connectivity index is 1.74. The Labute approximate surface area is 190 Å². The van der Waals surface area contributed by atoms with E-state index in [2.05, 4.69) is 19.8 Å². The largest absolute Gasteiger partial charge is 0.481 e. The van der Waals surface area contributed by atoms with E-state index in [0.29, 0.717) is 36.6 Å². The van der Waals surface area contributed by atoms with E-state index in [1.807, 2.05) is 0 Å². The summed E-state index contributed by atoms with van der Waals surface area (Å²) >= 11 is 0. The molecule has 3 heterocycles. The first-order valence-corrected chi connectivity index (χ1v) is 11.8. The number of nitrogens with two attached hydrogens (primary N) is 1. The number of carbonyl (C=O) groups is 1. The molecule has 174 valence electrons. The highest BCUT2D eigenvalue weighted by Gasteiger charge is 2.24. The van der Waals surface area contributed by atoms with Crippen molar-refractivity contribution in [1.82, 2.24) is 14.8 Å². The number of nitrogens with one attached hydrogen (secondary N) is 1. The average molecular weight is 475 g/mol. The van der Waals surface area contributed by atoms with Gasteiger partial charge in [-0.05, 0) is 30.2 Å². The van der Waals surface area contributed by atoms with Crippen molar-refractivity contribution >= 4 is 21.6 Å². The summed E-state index contributed by atoms with van der Waals surface area (Å²) in [7, 11) is -2.19. The van der Waals surface area contributed by atoms with Crippen LogP contribution in [0.2, 0.25) is 0 Å². The Bertz CT molecular complexity index is 1330. The molecule has 1 aromatic carbocycles. The lowest BCUT2D eigenvalue weighted by atomic mass is 9.99. The maximum absolute atomic E-state index is 14.6. The van der Waals surface area contributed by atoms with Crippen LogP contribution in [0, 0.1) is 5.82 Å². The number of benzene rings is 1. The zero-order chi connectivity index (χ0) is 23.6. The number of fused-ring (bicyclic) bond motifs is 1. The molecule has 0 aliphatic carbocycles. The molecule has 12 heteroatoms. The minimum absolute atomic E-state index is 0.0337. The number of hydrogen-bond donors (Lipinski definition) is 2. The highest BCUT2D eigenvalue weighted by Crippen LogP contribution is 2.34. The molecule has 1 aliphatic rings. The Morgan fingerprint density at radius 3 is 3.00 bits per heavy atom. The van der Waals surface area contributed by atoms with E-state index in [1.165, 1.54) is 36.3 Å². The molecule has 2 amide bonds. The summed E-state index contributed by atoms with van der Waals surface area (Å²) in [6.45, 7) is 2.76. The van der Waals surface area contributed by atoms with Crippen LogP contribution < -0.4 is 19.9 Å². The van der Waals surface area contributed by atoms with Gasteiger partial charge in [0, 0.05) is 36.4 Å². The number of anilines is 1. The third-order valence-corrected chi connectivity index (χ3v) is 6.49. The summed E-state index contributed by atoms with van der Waals surface area (Å²) < 4.78 is 43.6. The van der Waals surface area contributed by atoms with Gasteiger partial charge in [-0.2, -0.15) is 5.10 Å². The molecular formula is C21H23FN6O4S. The predicted octanol–water partition coefficient (Wildman–Crippen LogP) is 3.37. The van der Waals surface area contributed by atoms with Gasteiger partial charge in [-0.15, -0.1) is 4.36 Å². The van der Waals surface area contributed by atoms with Crippen LogP contribution in [-0.2, 0) is 22.9 Å². The smallest absolute Gasteiger partial charge is 0.354 e. The Hall–Kier alpha value is -3.51. The third-order valence-electron chi connectivity index (χ3n) is 5.14. The number of ether oxygens (including phenoxy) is 2. The second kappa shape index (κ2) is 9.16. The number of halogens is 1. The molecule has 0 saturated carbocycles. The minimum atomic E-state index is -3.66. The van der Waals surface area contributed by atoms with Crippen molar-refractivity contribution < 1.29 is 22.9 Å². The summed E-state index contributed by atoms with van der Waals surface area (Å²) in [5.74, 6) is 0.0906. The van der Waals surface area contributed by atoms with Crippen LogP contribution in [0.15, 0.2) is 45.9 Å². The molecule has 0 unspecified atom stereocenters. The van der Waals surface area contributed by atoms with E-state index in [1.54, 1.807) is 19.1 Å². The van der Waals surface area contributed by atoms with Crippen molar-refractivity contribution in [2.45, 2.75) is 31.2 Å². The fourth-order valence-corrected chi connectivity index (χ4v) is 4.59. The van der Waals surface area contributed by atoms with Crippen LogP contribution in [0.5, 0.6) is 11.8 Å². The molecule has 0 radical (unpaired) electrons. The van der Waals surface area contributed by atoms with Crippen molar-refractivity contribution in [2.24, 2.45) is 9.50 Å². The second-order valence-electron chi connectivity index (χ2n) is 7.22. The standard InChI is InChI=1S/C21H23FN6O4S/c1-3-14-16(22)6-5-15(13-7-8-24-18(11-13)31-2)19(14)26-21(29)27-33(23,30)17-12-25-28-9-4-10-32-20(17)28/h5-8,11-12H,3-4,9-10H2,1-2H3,(H3,23,26,27,29,30)/t33-/m1/s1. The molecular weight excluding hydrogens is 451 g/mol. The number of methoxy groups -OCH3 is 1. The van der Waals surface area contributed by atoms with E-state index in [4.69, 9.17) is 14.6 Å². The van der Waals surface area contributed by atoms with E-state index in [0.717, 1.165) is 6.42 Å². The molecule has 0 bridgehead atoms. The van der Waals surface area contributed by atoms with Crippen LogP contribution in [0.3, 0.4) is 0 Å². The monoisotopic (exact) mass is 474 g/mol. The quantitative estimate of drug-likeness (QED) is 0.582. The number of aryl methyl sites for hydroxylation is 1. The highest BCUT2D eigenvalue weighted by molar-refractivity contribution is 7.91. The number of urea groups is 1. The van der Waals surface area contributed by atoms with Crippen LogP contribution in [0.4, 0.5) is 14.9 Å². The molecule has 10 nitrogen and oxygen atoms in total. The molecule has 33 heavy (non-hydrogen) atoms. The Morgan fingerprint density at radius 1 is 1.42 bits per heavy atom. The number of rotatable bonds is 5. The summed E-state index contributed by atoms with van der Waals surface area (Å²) in [6, 6.07) is 5.21. The minimum Gasteiger partial charge on any atom is -0.481 e. The molecule has 0 fully saturated rings. The number of amides is 2. The first-order valence-electron chi connectivity index (χ1n) is 10.2. The molecule has 0 saturated heterocycles. The van der Waals surface area contributed by atoms with Crippen LogP contribution in [0.1, 0.15) is 18.9 Å². The second-order valence-corrected chi connectivity index (χ2v) is 8.98. The third kappa shape index (κ3) is 4.52. The lowest BCUT2D eigenvalue weighted by Crippen LogP contribution is -2.21. The van der Waals surface area contributed by atoms with Crippen LogP contribution in [-0.4, -0.2) is 38.7 Å². The normalized spacial score (nSPS) is 14.5. The van der Waals surface area contributed by atoms with Gasteiger partial charge < -0.3 is 14.8 Å². The van der Waals surface area contributed by atoms with Crippen molar-refractivity contribution in [3.8, 4) is 22.9 Å². The number of aromatic nitrogens is 3. The number of nitrogens with zero attached hydrogens (tertiary/aromatic N) is 4. The Kier molecular flexibility index (Phi) is 6.29. The zero-order valence-corrected chi connectivity index (χ0v) is 18.9. The molecule has 1 aliphatic heterocycles. The molecule has 3 aromatic rings. The molecule has 0 spiro atoms. The summed E-state index contributed by atoms with van der Waals surface area (Å²) in [5.41, 5.74) is 1.62. The number of carbonyl (C=O) groups excluding carboxylic acids is 1. The van der Waals surface area contributed by atoms with Gasteiger partial charge in [0.15, 0.2) is 9.92 Å². The zero-order valence-electron chi connectivity index (χ0n) is 18.1. The number of pyridine rings is 1. The highest BCUT2D eigenvalue weighted by atomic mass is 32.2. The van der Waals surface area contributed by atoms with Crippen molar-refractivity contribution in [3.63, 3.8) is 0 Å². The van der Waals surface area contributed by atoms with Gasteiger partial charge in [0.2, 0.25) is 11.8 Å². The van der Waals surface area contributed by atoms with E-state index < -0.39 is 21.8 Å². The van der Waals surface area contributed by atoms with Crippen LogP contribution in [0.25, 0.3) is 11.1 Å². The molecule has 4 rings (SSSR count). The van der Waals surface area contributed by atoms with E-state index in [9.17, 15) is 13.4 Å². The average Bonchev–Trinajstić information content (AvgIpc) is 3.24. The fourth-order valence-electron chi connectivity index (χ4n) is 3.59. The van der Waals surface area contributed by atoms with E-state index in [-0.39, 0.29) is 22.0 Å². The maximum atomic E-state index is 14.6. The summed E-state index contributed by atoms with van der Waals surface area (Å²) in [4.78, 5) is 16.9. The fraction of sp³-hybridized carbons (Fsp3) is 0.286. The van der Waals surface area contributed by atoms with Gasteiger partial charge >= 0.3 is 6.03 Å². The number of hydrogen-bond acceptors (Lipinski definition) is 6. The van der Waals surface area contributed by atoms with Crippen LogP contribution >= 0.6 is 0 Å². The SMILES string of the molecule is CCc1c(F)ccc(-c2ccnc(OC)c2)c1NC(=O)N=[S@@](N)(=O)c1cnn2c1OCCC2. The molecule has 3 N–H and O–H groups in total. The van der Waals surface area contributed by atoms with Crippen molar-refractivity contribution in [3.05, 3.63) is 48.0 Å². The lowest BCUT2D eigenvalue weighted by molar-refractivity contribution is 0.224. The van der Waals surface area contributed by atoms with Gasteiger partial charge in [0.1, 0.15) is 10.7 Å². The summed E-state index contributed by atoms with van der Waals surface area (Å²) in [6.07, 6.45) is 3.86. The first kappa shape index (κ1) is 22.7.